The molecule has 0 aliphatic heterocycles. The molecule has 0 aliphatic rings. The monoisotopic (exact) mass is 267 g/mol. The van der Waals surface area contributed by atoms with Crippen LogP contribution in [0.15, 0.2) is 66.7 Å². The van der Waals surface area contributed by atoms with Gasteiger partial charge >= 0.3 is 0 Å². The summed E-state index contributed by atoms with van der Waals surface area (Å²) in [6.07, 6.45) is 0. The lowest BCUT2D eigenvalue weighted by Crippen LogP contribution is -2.12. The van der Waals surface area contributed by atoms with E-state index in [9.17, 15) is 0 Å². The van der Waals surface area contributed by atoms with Crippen molar-refractivity contribution < 1.29 is 0 Å². The Labute approximate surface area is 121 Å². The summed E-state index contributed by atoms with van der Waals surface area (Å²) in [5.74, 6) is 0. The van der Waals surface area contributed by atoms with Gasteiger partial charge in [-0.2, -0.15) is 0 Å². The van der Waals surface area contributed by atoms with Gasteiger partial charge in [-0.15, -0.1) is 0 Å². The Morgan fingerprint density at radius 1 is 0.571 bits per heavy atom. The zero-order valence-corrected chi connectivity index (χ0v) is 11.5. The molecular formula is C20H13N. The first kappa shape index (κ1) is 10.9. The summed E-state index contributed by atoms with van der Waals surface area (Å²) in [5.41, 5.74) is 2.52. The van der Waals surface area contributed by atoms with Crippen molar-refractivity contribution in [2.24, 2.45) is 0 Å². The molecule has 0 spiro atoms. The van der Waals surface area contributed by atoms with Gasteiger partial charge in [-0.3, -0.25) is 0 Å². The summed E-state index contributed by atoms with van der Waals surface area (Å²) in [5, 5.41) is 7.46. The molecule has 0 saturated heterocycles. The van der Waals surface area contributed by atoms with Gasteiger partial charge in [0.25, 0.3) is 0 Å². The van der Waals surface area contributed by atoms with E-state index in [1.165, 1.54) is 38.0 Å². The van der Waals surface area contributed by atoms with E-state index in [1.807, 2.05) is 0 Å². The number of benzene rings is 3. The average molecular weight is 267 g/mol. The molecule has 21 heavy (non-hydrogen) atoms. The number of hydrogen-bond donors (Lipinski definition) is 0. The Balaban J connectivity index is 2.33. The van der Waals surface area contributed by atoms with E-state index < -0.39 is 0 Å². The first-order valence-electron chi connectivity index (χ1n) is 7.17. The molecule has 0 radical (unpaired) electrons. The van der Waals surface area contributed by atoms with Crippen molar-refractivity contribution in [3.05, 3.63) is 72.1 Å². The second kappa shape index (κ2) is 3.64. The maximum Gasteiger partial charge on any atom is 0.0619 e. The van der Waals surface area contributed by atoms with Crippen molar-refractivity contribution in [1.82, 2.24) is 4.40 Å². The largest absolute Gasteiger partial charge is 0.309 e. The molecule has 0 saturated carbocycles. The third-order valence-corrected chi connectivity index (χ3v) is 4.49. The van der Waals surface area contributed by atoms with Gasteiger partial charge in [-0.1, -0.05) is 67.2 Å². The molecule has 0 amide bonds. The minimum absolute atomic E-state index is 1.07. The highest BCUT2D eigenvalue weighted by atomic mass is 14.9. The van der Waals surface area contributed by atoms with Gasteiger partial charge in [0.15, 0.2) is 0 Å². The summed E-state index contributed by atoms with van der Waals surface area (Å²) >= 11 is 0. The zero-order valence-electron chi connectivity index (χ0n) is 11.5. The van der Waals surface area contributed by atoms with Crippen LogP contribution in [0.25, 0.3) is 44.5 Å². The molecule has 2 aromatic heterocycles. The van der Waals surface area contributed by atoms with Crippen molar-refractivity contribution in [2.75, 3.05) is 0 Å². The lowest BCUT2D eigenvalue weighted by Gasteiger charge is -2.08. The summed E-state index contributed by atoms with van der Waals surface area (Å²) in [6, 6.07) is 23.7. The van der Waals surface area contributed by atoms with Crippen LogP contribution in [0.4, 0.5) is 0 Å². The number of aromatic nitrogens is 1. The topological polar surface area (TPSA) is 4.41 Å². The number of pyridine rings is 1. The first-order chi connectivity index (χ1) is 10.4. The van der Waals surface area contributed by atoms with Crippen LogP contribution in [0.3, 0.4) is 0 Å². The second-order valence-electron chi connectivity index (χ2n) is 5.55. The molecule has 1 nitrogen and oxygen atoms in total. The fourth-order valence-corrected chi connectivity index (χ4v) is 3.61. The SMILES string of the molecule is C=c1c2ccccc2c2cccc3c4ccccc4n1c23. The normalized spacial score (nSPS) is 12.0. The molecule has 0 unspecified atom stereocenters. The molecule has 5 aromatic rings. The van der Waals surface area contributed by atoms with Crippen LogP contribution in [0.5, 0.6) is 0 Å². The van der Waals surface area contributed by atoms with Crippen molar-refractivity contribution in [3.63, 3.8) is 0 Å². The summed E-state index contributed by atoms with van der Waals surface area (Å²) in [7, 11) is 0. The van der Waals surface area contributed by atoms with Gasteiger partial charge in [0.05, 0.1) is 11.0 Å². The van der Waals surface area contributed by atoms with Gasteiger partial charge in [0.2, 0.25) is 0 Å². The van der Waals surface area contributed by atoms with Crippen LogP contribution < -0.4 is 5.35 Å². The molecule has 0 aliphatic carbocycles. The highest BCUT2D eigenvalue weighted by Crippen LogP contribution is 2.33. The Hall–Kier alpha value is -2.80. The van der Waals surface area contributed by atoms with E-state index >= 15 is 0 Å². The smallest absolute Gasteiger partial charge is 0.0619 e. The predicted molar refractivity (Wildman–Crippen MR) is 90.7 cm³/mol. The maximum atomic E-state index is 4.36. The molecule has 0 N–H and O–H groups in total. The van der Waals surface area contributed by atoms with Gasteiger partial charge in [0.1, 0.15) is 0 Å². The molecule has 0 fully saturated rings. The van der Waals surface area contributed by atoms with E-state index in [-0.39, 0.29) is 0 Å². The summed E-state index contributed by atoms with van der Waals surface area (Å²) < 4.78 is 2.31. The first-order valence-corrected chi connectivity index (χ1v) is 7.17. The van der Waals surface area contributed by atoms with Gasteiger partial charge in [0, 0.05) is 26.9 Å². The van der Waals surface area contributed by atoms with Crippen LogP contribution >= 0.6 is 0 Å². The Bertz CT molecular complexity index is 1190. The van der Waals surface area contributed by atoms with Crippen LogP contribution in [0.2, 0.25) is 0 Å². The maximum absolute atomic E-state index is 4.36. The Morgan fingerprint density at radius 2 is 1.14 bits per heavy atom. The van der Waals surface area contributed by atoms with Gasteiger partial charge in [-0.25, -0.2) is 0 Å². The molecule has 0 bridgehead atoms. The van der Waals surface area contributed by atoms with Crippen LogP contribution in [0, 0.1) is 0 Å². The lowest BCUT2D eigenvalue weighted by atomic mass is 10.0. The second-order valence-corrected chi connectivity index (χ2v) is 5.55. The molecule has 0 atom stereocenters. The highest BCUT2D eigenvalue weighted by Gasteiger charge is 2.13. The van der Waals surface area contributed by atoms with Crippen LogP contribution in [0.1, 0.15) is 0 Å². The minimum atomic E-state index is 1.07. The fraction of sp³-hybridized carbons (Fsp3) is 0. The quantitative estimate of drug-likeness (QED) is 0.363. The number of para-hydroxylation sites is 2. The highest BCUT2D eigenvalue weighted by molar-refractivity contribution is 6.20. The molecule has 2 heterocycles. The fourth-order valence-electron chi connectivity index (χ4n) is 3.61. The van der Waals surface area contributed by atoms with Gasteiger partial charge in [-0.05, 0) is 11.5 Å². The average Bonchev–Trinajstić information content (AvgIpc) is 2.89. The van der Waals surface area contributed by atoms with Crippen LogP contribution in [-0.2, 0) is 0 Å². The molecule has 1 heteroatoms. The standard InChI is InChI=1S/C20H13N/c1-13-14-7-2-3-8-15(14)17-10-6-11-18-16-9-4-5-12-19(16)21(13)20(17)18/h2-12H,1H2. The third-order valence-electron chi connectivity index (χ3n) is 4.49. The number of fused-ring (bicyclic) bond motifs is 5. The van der Waals surface area contributed by atoms with Crippen molar-refractivity contribution in [3.8, 4) is 0 Å². The Morgan fingerprint density at radius 3 is 1.95 bits per heavy atom. The van der Waals surface area contributed by atoms with E-state index in [2.05, 4.69) is 77.7 Å². The summed E-state index contributed by atoms with van der Waals surface area (Å²) in [4.78, 5) is 0. The number of rotatable bonds is 0. The van der Waals surface area contributed by atoms with Crippen molar-refractivity contribution in [2.45, 2.75) is 0 Å². The third kappa shape index (κ3) is 1.21. The van der Waals surface area contributed by atoms with E-state index in [4.69, 9.17) is 0 Å². The van der Waals surface area contributed by atoms with E-state index in [1.54, 1.807) is 0 Å². The minimum Gasteiger partial charge on any atom is -0.309 e. The van der Waals surface area contributed by atoms with Crippen molar-refractivity contribution in [1.29, 1.82) is 0 Å². The van der Waals surface area contributed by atoms with E-state index in [0.717, 1.165) is 5.35 Å². The molecule has 3 aromatic carbocycles. The zero-order chi connectivity index (χ0) is 14.0. The van der Waals surface area contributed by atoms with Crippen molar-refractivity contribution >= 4 is 44.5 Å². The predicted octanol–water partition coefficient (Wildman–Crippen LogP) is 4.53. The number of hydrogen-bond acceptors (Lipinski definition) is 0. The number of nitrogens with zero attached hydrogens (tertiary/aromatic N) is 1. The van der Waals surface area contributed by atoms with E-state index in [0.29, 0.717) is 0 Å². The molecular weight excluding hydrogens is 254 g/mol. The summed E-state index contributed by atoms with van der Waals surface area (Å²) in [6.45, 7) is 4.36. The van der Waals surface area contributed by atoms with Gasteiger partial charge < -0.3 is 4.40 Å². The lowest BCUT2D eigenvalue weighted by molar-refractivity contribution is 1.23. The molecule has 98 valence electrons. The Kier molecular flexibility index (Phi) is 1.90. The molecule has 5 rings (SSSR count). The van der Waals surface area contributed by atoms with Crippen LogP contribution in [-0.4, -0.2) is 4.40 Å².